The van der Waals surface area contributed by atoms with E-state index >= 15 is 0 Å². The van der Waals surface area contributed by atoms with Gasteiger partial charge in [0.25, 0.3) is 0 Å². The van der Waals surface area contributed by atoms with E-state index in [1.807, 2.05) is 0 Å². The fourth-order valence-corrected chi connectivity index (χ4v) is 3.79. The molecule has 8 nitrogen and oxygen atoms in total. The third kappa shape index (κ3) is 2.75. The topological polar surface area (TPSA) is 99.3 Å². The summed E-state index contributed by atoms with van der Waals surface area (Å²) in [7, 11) is 0. The summed E-state index contributed by atoms with van der Waals surface area (Å²) in [6, 6.07) is 8.58. The standard InChI is InChI=1S/C17H10ClN5O3S/c1-8-4-12(22-26-8)15-19-20-17-23(15)21-13(7-27-17)11-6-9-5-10(18)2-3-14(9)25-16(11)24/h2-6H,7H2,1H3. The Balaban J connectivity index is 1.66. The van der Waals surface area contributed by atoms with E-state index < -0.39 is 5.63 Å². The lowest BCUT2D eigenvalue weighted by atomic mass is 10.1. The average Bonchev–Trinajstić information content (AvgIpc) is 3.26. The fourth-order valence-electron chi connectivity index (χ4n) is 2.79. The van der Waals surface area contributed by atoms with Crippen molar-refractivity contribution in [1.29, 1.82) is 0 Å². The Morgan fingerprint density at radius 3 is 2.93 bits per heavy atom. The van der Waals surface area contributed by atoms with E-state index in [4.69, 9.17) is 20.5 Å². The SMILES string of the molecule is Cc1cc(-c2nnc3n2N=C(c2cc4cc(Cl)ccc4oc2=O)CS3)no1. The summed E-state index contributed by atoms with van der Waals surface area (Å²) in [5.41, 5.74) is 1.47. The minimum Gasteiger partial charge on any atom is -0.422 e. The van der Waals surface area contributed by atoms with Crippen LogP contribution in [-0.2, 0) is 0 Å². The molecular weight excluding hydrogens is 390 g/mol. The molecule has 0 unspecified atom stereocenters. The molecule has 1 aromatic carbocycles. The molecule has 0 bridgehead atoms. The summed E-state index contributed by atoms with van der Waals surface area (Å²) in [6.07, 6.45) is 0. The van der Waals surface area contributed by atoms with Crippen LogP contribution in [-0.4, -0.2) is 31.5 Å². The number of benzene rings is 1. The Hall–Kier alpha value is -2.91. The molecule has 1 aliphatic rings. The van der Waals surface area contributed by atoms with E-state index in [9.17, 15) is 4.79 Å². The molecule has 5 rings (SSSR count). The zero-order valence-electron chi connectivity index (χ0n) is 13.8. The van der Waals surface area contributed by atoms with Crippen molar-refractivity contribution in [1.82, 2.24) is 20.0 Å². The molecule has 0 radical (unpaired) electrons. The van der Waals surface area contributed by atoms with Gasteiger partial charge < -0.3 is 8.94 Å². The molecule has 3 aromatic heterocycles. The van der Waals surface area contributed by atoms with Gasteiger partial charge in [-0.05, 0) is 31.2 Å². The van der Waals surface area contributed by atoms with Gasteiger partial charge in [-0.1, -0.05) is 28.5 Å². The lowest BCUT2D eigenvalue weighted by molar-refractivity contribution is 0.399. The Labute approximate surface area is 160 Å². The minimum absolute atomic E-state index is 0.374. The summed E-state index contributed by atoms with van der Waals surface area (Å²) in [5, 5.41) is 18.7. The van der Waals surface area contributed by atoms with Gasteiger partial charge in [0.1, 0.15) is 11.3 Å². The first-order valence-electron chi connectivity index (χ1n) is 7.92. The highest BCUT2D eigenvalue weighted by atomic mass is 35.5. The summed E-state index contributed by atoms with van der Waals surface area (Å²) in [6.45, 7) is 1.79. The van der Waals surface area contributed by atoms with E-state index in [1.54, 1.807) is 41.9 Å². The van der Waals surface area contributed by atoms with Gasteiger partial charge in [0, 0.05) is 22.2 Å². The van der Waals surface area contributed by atoms with Gasteiger partial charge in [-0.25, -0.2) is 4.79 Å². The highest BCUT2D eigenvalue weighted by molar-refractivity contribution is 7.99. The maximum Gasteiger partial charge on any atom is 0.345 e. The third-order valence-electron chi connectivity index (χ3n) is 4.03. The van der Waals surface area contributed by atoms with E-state index in [0.29, 0.717) is 50.1 Å². The second kappa shape index (κ2) is 6.07. The van der Waals surface area contributed by atoms with Crippen molar-refractivity contribution < 1.29 is 8.94 Å². The maximum atomic E-state index is 12.5. The first kappa shape index (κ1) is 16.3. The first-order valence-corrected chi connectivity index (χ1v) is 9.28. The summed E-state index contributed by atoms with van der Waals surface area (Å²) < 4.78 is 12.1. The normalized spacial score (nSPS) is 13.6. The van der Waals surface area contributed by atoms with Crippen LogP contribution >= 0.6 is 23.4 Å². The van der Waals surface area contributed by atoms with Crippen LogP contribution in [0.15, 0.2) is 54.3 Å². The van der Waals surface area contributed by atoms with Gasteiger partial charge in [-0.2, -0.15) is 9.78 Å². The van der Waals surface area contributed by atoms with Gasteiger partial charge in [-0.3, -0.25) is 0 Å². The summed E-state index contributed by atoms with van der Waals surface area (Å²) >= 11 is 7.47. The number of aryl methyl sites for hydroxylation is 1. The average molecular weight is 400 g/mol. The lowest BCUT2D eigenvalue weighted by Gasteiger charge is -2.12. The molecule has 1 aliphatic heterocycles. The zero-order chi connectivity index (χ0) is 18.5. The van der Waals surface area contributed by atoms with Gasteiger partial charge >= 0.3 is 5.63 Å². The van der Waals surface area contributed by atoms with Crippen molar-refractivity contribution in [2.45, 2.75) is 12.1 Å². The number of hydrogen-bond acceptors (Lipinski definition) is 8. The van der Waals surface area contributed by atoms with Gasteiger partial charge in [0.15, 0.2) is 5.69 Å². The molecule has 4 aromatic rings. The molecule has 134 valence electrons. The van der Waals surface area contributed by atoms with E-state index in [-0.39, 0.29) is 0 Å². The second-order valence-corrected chi connectivity index (χ2v) is 7.28. The van der Waals surface area contributed by atoms with Crippen molar-refractivity contribution in [3.8, 4) is 11.5 Å². The largest absolute Gasteiger partial charge is 0.422 e. The molecule has 0 spiro atoms. The molecule has 0 N–H and O–H groups in total. The highest BCUT2D eigenvalue weighted by Gasteiger charge is 2.24. The molecule has 0 amide bonds. The van der Waals surface area contributed by atoms with Crippen LogP contribution < -0.4 is 5.63 Å². The summed E-state index contributed by atoms with van der Waals surface area (Å²) in [4.78, 5) is 12.5. The third-order valence-corrected chi connectivity index (χ3v) is 5.20. The van der Waals surface area contributed by atoms with Crippen molar-refractivity contribution in [3.05, 3.63) is 57.1 Å². The molecule has 27 heavy (non-hydrogen) atoms. The monoisotopic (exact) mass is 399 g/mol. The number of nitrogens with zero attached hydrogens (tertiary/aromatic N) is 5. The highest BCUT2D eigenvalue weighted by Crippen LogP contribution is 2.28. The van der Waals surface area contributed by atoms with Crippen LogP contribution in [0.25, 0.3) is 22.5 Å². The Morgan fingerprint density at radius 1 is 1.22 bits per heavy atom. The number of aromatic nitrogens is 4. The van der Waals surface area contributed by atoms with Gasteiger partial charge in [0.05, 0.1) is 11.3 Å². The van der Waals surface area contributed by atoms with Gasteiger partial charge in [0.2, 0.25) is 11.0 Å². The van der Waals surface area contributed by atoms with E-state index in [1.165, 1.54) is 11.8 Å². The van der Waals surface area contributed by atoms with E-state index in [0.717, 1.165) is 5.39 Å². The molecule has 0 saturated carbocycles. The molecule has 0 fully saturated rings. The van der Waals surface area contributed by atoms with Crippen LogP contribution in [0.2, 0.25) is 5.02 Å². The van der Waals surface area contributed by atoms with Crippen LogP contribution in [0.5, 0.6) is 0 Å². The fraction of sp³-hybridized carbons (Fsp3) is 0.118. The van der Waals surface area contributed by atoms with Crippen molar-refractivity contribution in [2.75, 3.05) is 5.75 Å². The smallest absolute Gasteiger partial charge is 0.345 e. The van der Waals surface area contributed by atoms with Crippen LogP contribution in [0.1, 0.15) is 11.3 Å². The molecule has 10 heteroatoms. The number of thioether (sulfide) groups is 1. The molecule has 4 heterocycles. The first-order chi connectivity index (χ1) is 13.1. The maximum absolute atomic E-state index is 12.5. The molecule has 0 atom stereocenters. The minimum atomic E-state index is -0.459. The lowest BCUT2D eigenvalue weighted by Crippen LogP contribution is -2.21. The quantitative estimate of drug-likeness (QED) is 0.476. The Bertz CT molecular complexity index is 1290. The van der Waals surface area contributed by atoms with Crippen LogP contribution in [0.3, 0.4) is 0 Å². The number of halogens is 1. The predicted octanol–water partition coefficient (Wildman–Crippen LogP) is 3.36. The van der Waals surface area contributed by atoms with Crippen LogP contribution in [0.4, 0.5) is 0 Å². The summed E-state index contributed by atoms with van der Waals surface area (Å²) in [5.74, 6) is 1.56. The predicted molar refractivity (Wildman–Crippen MR) is 100 cm³/mol. The number of hydrogen-bond donors (Lipinski definition) is 0. The zero-order valence-corrected chi connectivity index (χ0v) is 15.4. The second-order valence-electron chi connectivity index (χ2n) is 5.91. The van der Waals surface area contributed by atoms with Crippen molar-refractivity contribution >= 4 is 40.0 Å². The van der Waals surface area contributed by atoms with Crippen molar-refractivity contribution in [2.24, 2.45) is 5.10 Å². The van der Waals surface area contributed by atoms with Crippen LogP contribution in [0, 0.1) is 6.92 Å². The van der Waals surface area contributed by atoms with E-state index in [2.05, 4.69) is 20.5 Å². The van der Waals surface area contributed by atoms with Gasteiger partial charge in [-0.15, -0.1) is 10.2 Å². The Morgan fingerprint density at radius 2 is 2.11 bits per heavy atom. The number of fused-ring (bicyclic) bond motifs is 2. The number of rotatable bonds is 2. The Kier molecular flexibility index (Phi) is 3.66. The molecular formula is C17H10ClN5O3S. The molecule has 0 aliphatic carbocycles. The van der Waals surface area contributed by atoms with Crippen molar-refractivity contribution in [3.63, 3.8) is 0 Å². The molecule has 0 saturated heterocycles.